The van der Waals surface area contributed by atoms with Crippen LogP contribution in [0, 0.1) is 0 Å². The van der Waals surface area contributed by atoms with E-state index in [-0.39, 0.29) is 16.2 Å². The van der Waals surface area contributed by atoms with Crippen LogP contribution in [0.3, 0.4) is 0 Å². The second-order valence-corrected chi connectivity index (χ2v) is 5.33. The molecule has 0 atom stereocenters. The van der Waals surface area contributed by atoms with Gasteiger partial charge in [-0.15, -0.1) is 0 Å². The third-order valence-electron chi connectivity index (χ3n) is 2.88. The first kappa shape index (κ1) is 13.3. The largest absolute Gasteiger partial charge is 0.504 e. The molecule has 0 radical (unpaired) electrons. The van der Waals surface area contributed by atoms with Gasteiger partial charge in [0.15, 0.2) is 16.7 Å². The average molecular weight is 302 g/mol. The minimum absolute atomic E-state index is 0.101. The minimum Gasteiger partial charge on any atom is -0.504 e. The number of para-hydroxylation sites is 2. The Morgan fingerprint density at radius 3 is 2.57 bits per heavy atom. The van der Waals surface area contributed by atoms with Crippen LogP contribution in [0.2, 0.25) is 0 Å². The molecule has 0 bridgehead atoms. The highest BCUT2D eigenvalue weighted by atomic mass is 32.2. The number of phenols is 2. The van der Waals surface area contributed by atoms with Gasteiger partial charge in [0.05, 0.1) is 16.6 Å². The van der Waals surface area contributed by atoms with Gasteiger partial charge in [-0.3, -0.25) is 0 Å². The molecule has 106 valence electrons. The van der Waals surface area contributed by atoms with Gasteiger partial charge in [0.2, 0.25) is 0 Å². The molecule has 2 aromatic carbocycles. The van der Waals surface area contributed by atoms with Gasteiger partial charge in [0.25, 0.3) is 0 Å². The number of aromatic hydroxyl groups is 2. The summed E-state index contributed by atoms with van der Waals surface area (Å²) in [6.45, 7) is 0. The van der Waals surface area contributed by atoms with Crippen LogP contribution in [0.4, 0.5) is 0 Å². The lowest BCUT2D eigenvalue weighted by molar-refractivity contribution is 0.0692. The number of imidazole rings is 1. The zero-order valence-corrected chi connectivity index (χ0v) is 11.4. The van der Waals surface area contributed by atoms with Crippen molar-refractivity contribution in [3.63, 3.8) is 0 Å². The normalized spacial score (nSPS) is 10.9. The number of carbonyl (C=O) groups is 1. The highest BCUT2D eigenvalue weighted by molar-refractivity contribution is 7.99. The Labute approximate surface area is 123 Å². The molecule has 0 aliphatic rings. The van der Waals surface area contributed by atoms with Crippen molar-refractivity contribution in [2.45, 2.75) is 10.1 Å². The van der Waals surface area contributed by atoms with E-state index in [1.54, 1.807) is 0 Å². The van der Waals surface area contributed by atoms with Gasteiger partial charge in [-0.05, 0) is 24.3 Å². The quantitative estimate of drug-likeness (QED) is 0.554. The Balaban J connectivity index is 2.04. The van der Waals surface area contributed by atoms with Crippen LogP contribution in [-0.2, 0) is 0 Å². The fraction of sp³-hybridized carbons (Fsp3) is 0. The van der Waals surface area contributed by atoms with Crippen molar-refractivity contribution in [3.05, 3.63) is 42.0 Å². The molecule has 1 heterocycles. The third-order valence-corrected chi connectivity index (χ3v) is 3.83. The van der Waals surface area contributed by atoms with E-state index >= 15 is 0 Å². The maximum Gasteiger partial charge on any atom is 0.336 e. The lowest BCUT2D eigenvalue weighted by Gasteiger charge is -2.06. The number of aromatic amines is 1. The van der Waals surface area contributed by atoms with Gasteiger partial charge < -0.3 is 20.3 Å². The fourth-order valence-corrected chi connectivity index (χ4v) is 2.83. The van der Waals surface area contributed by atoms with Crippen molar-refractivity contribution >= 4 is 28.8 Å². The highest BCUT2D eigenvalue weighted by Gasteiger charge is 2.16. The first-order valence-electron chi connectivity index (χ1n) is 5.96. The zero-order valence-electron chi connectivity index (χ0n) is 10.6. The number of phenolic OH excluding ortho intramolecular Hbond substituents is 2. The van der Waals surface area contributed by atoms with Crippen molar-refractivity contribution in [1.29, 1.82) is 0 Å². The van der Waals surface area contributed by atoms with E-state index in [0.717, 1.165) is 28.9 Å². The molecule has 7 heteroatoms. The van der Waals surface area contributed by atoms with E-state index in [0.29, 0.717) is 5.16 Å². The predicted octanol–water partition coefficient (Wildman–Crippen LogP) is 2.82. The number of carboxylic acids is 1. The first-order chi connectivity index (χ1) is 10.0. The molecule has 0 fully saturated rings. The lowest BCUT2D eigenvalue weighted by Crippen LogP contribution is -1.98. The molecule has 0 spiro atoms. The molecule has 0 amide bonds. The average Bonchev–Trinajstić information content (AvgIpc) is 2.84. The van der Waals surface area contributed by atoms with Crippen molar-refractivity contribution < 1.29 is 20.1 Å². The Morgan fingerprint density at radius 2 is 1.86 bits per heavy atom. The number of H-pyrrole nitrogens is 1. The second kappa shape index (κ2) is 5.02. The molecule has 21 heavy (non-hydrogen) atoms. The molecular weight excluding hydrogens is 292 g/mol. The number of hydrogen-bond acceptors (Lipinski definition) is 5. The number of nitrogens with one attached hydrogen (secondary N) is 1. The summed E-state index contributed by atoms with van der Waals surface area (Å²) in [5, 5.41) is 28.6. The van der Waals surface area contributed by atoms with Crippen LogP contribution in [0.1, 0.15) is 10.4 Å². The van der Waals surface area contributed by atoms with Gasteiger partial charge in [-0.1, -0.05) is 23.9 Å². The summed E-state index contributed by atoms with van der Waals surface area (Å²) in [6.07, 6.45) is 0. The zero-order chi connectivity index (χ0) is 15.0. The van der Waals surface area contributed by atoms with Gasteiger partial charge in [-0.2, -0.15) is 0 Å². The summed E-state index contributed by atoms with van der Waals surface area (Å²) in [5.41, 5.74) is 1.50. The Hall–Kier alpha value is -2.67. The molecule has 0 aliphatic heterocycles. The Bertz CT molecular complexity index is 811. The van der Waals surface area contributed by atoms with Gasteiger partial charge >= 0.3 is 5.97 Å². The summed E-state index contributed by atoms with van der Waals surface area (Å²) in [5.74, 6) is -2.04. The van der Waals surface area contributed by atoms with Crippen molar-refractivity contribution in [3.8, 4) is 11.5 Å². The summed E-state index contributed by atoms with van der Waals surface area (Å²) in [4.78, 5) is 18.9. The summed E-state index contributed by atoms with van der Waals surface area (Å²) in [6, 6.07) is 9.64. The molecule has 4 N–H and O–H groups in total. The monoisotopic (exact) mass is 302 g/mol. The molecule has 1 aromatic heterocycles. The van der Waals surface area contributed by atoms with Crippen LogP contribution in [0.15, 0.2) is 46.5 Å². The number of aromatic nitrogens is 2. The molecule has 0 saturated carbocycles. The number of nitrogens with zero attached hydrogens (tertiary/aromatic N) is 1. The van der Waals surface area contributed by atoms with Crippen LogP contribution < -0.4 is 0 Å². The number of rotatable bonds is 3. The van der Waals surface area contributed by atoms with Gasteiger partial charge in [-0.25, -0.2) is 9.78 Å². The molecule has 3 aromatic rings. The maximum atomic E-state index is 11.2. The van der Waals surface area contributed by atoms with Crippen LogP contribution in [-0.4, -0.2) is 31.3 Å². The van der Waals surface area contributed by atoms with E-state index in [1.807, 2.05) is 24.3 Å². The van der Waals surface area contributed by atoms with Gasteiger partial charge in [0, 0.05) is 4.90 Å². The molecule has 3 rings (SSSR count). The molecule has 0 saturated heterocycles. The second-order valence-electron chi connectivity index (χ2n) is 4.30. The van der Waals surface area contributed by atoms with Crippen LogP contribution >= 0.6 is 11.8 Å². The highest BCUT2D eigenvalue weighted by Crippen LogP contribution is 2.36. The number of carboxylic acid groups (broad SMARTS) is 1. The van der Waals surface area contributed by atoms with E-state index in [2.05, 4.69) is 9.97 Å². The minimum atomic E-state index is -1.19. The van der Waals surface area contributed by atoms with Crippen molar-refractivity contribution in [1.82, 2.24) is 9.97 Å². The van der Waals surface area contributed by atoms with Crippen molar-refractivity contribution in [2.75, 3.05) is 0 Å². The molecule has 6 nitrogen and oxygen atoms in total. The smallest absolute Gasteiger partial charge is 0.336 e. The van der Waals surface area contributed by atoms with E-state index in [4.69, 9.17) is 5.11 Å². The SMILES string of the molecule is O=C(O)c1cc(O)c(O)cc1Sc1nc2ccccc2[nH]1. The standard InChI is InChI=1S/C14H10N2O4S/c17-10-5-7(13(19)20)12(6-11(10)18)21-14-15-8-3-1-2-4-9(8)16-14/h1-6,17-18H,(H,15,16)(H,19,20). The topological polar surface area (TPSA) is 106 Å². The predicted molar refractivity (Wildman–Crippen MR) is 76.9 cm³/mol. The summed E-state index contributed by atoms with van der Waals surface area (Å²) >= 11 is 1.07. The Morgan fingerprint density at radius 1 is 1.14 bits per heavy atom. The molecule has 0 unspecified atom stereocenters. The van der Waals surface area contributed by atoms with Gasteiger partial charge in [0.1, 0.15) is 0 Å². The fourth-order valence-electron chi connectivity index (χ4n) is 1.89. The number of fused-ring (bicyclic) bond motifs is 1. The summed E-state index contributed by atoms with van der Waals surface area (Å²) < 4.78 is 0. The third kappa shape index (κ3) is 2.50. The van der Waals surface area contributed by atoms with Crippen molar-refractivity contribution in [2.24, 2.45) is 0 Å². The summed E-state index contributed by atoms with van der Waals surface area (Å²) in [7, 11) is 0. The Kier molecular flexibility index (Phi) is 3.19. The molecular formula is C14H10N2O4S. The van der Waals surface area contributed by atoms with E-state index in [9.17, 15) is 15.0 Å². The number of benzene rings is 2. The van der Waals surface area contributed by atoms with Crippen LogP contribution in [0.25, 0.3) is 11.0 Å². The van der Waals surface area contributed by atoms with Crippen LogP contribution in [0.5, 0.6) is 11.5 Å². The lowest BCUT2D eigenvalue weighted by atomic mass is 10.2. The maximum absolute atomic E-state index is 11.2. The first-order valence-corrected chi connectivity index (χ1v) is 6.78. The number of aromatic carboxylic acids is 1. The number of hydrogen-bond donors (Lipinski definition) is 4. The molecule has 0 aliphatic carbocycles. The van der Waals surface area contributed by atoms with E-state index in [1.165, 1.54) is 6.07 Å². The van der Waals surface area contributed by atoms with E-state index < -0.39 is 11.7 Å².